The molecular formula is C46H31FN6O. The predicted molar refractivity (Wildman–Crippen MR) is 216 cm³/mol. The Labute approximate surface area is 308 Å². The van der Waals surface area contributed by atoms with Crippen molar-refractivity contribution >= 4 is 65.9 Å². The Kier molecular flexibility index (Phi) is 7.30. The van der Waals surface area contributed by atoms with E-state index in [1.165, 1.54) is 6.20 Å². The van der Waals surface area contributed by atoms with Gasteiger partial charge in [0.1, 0.15) is 16.9 Å². The molecule has 0 saturated carbocycles. The number of hydrogen-bond acceptors (Lipinski definition) is 5. The van der Waals surface area contributed by atoms with Crippen molar-refractivity contribution in [2.24, 2.45) is 0 Å². The van der Waals surface area contributed by atoms with Gasteiger partial charge in [0.05, 0.1) is 45.0 Å². The Bertz CT molecular complexity index is 3210. The minimum atomic E-state index is -0.401. The van der Waals surface area contributed by atoms with E-state index < -0.39 is 5.82 Å². The number of benzene rings is 4. The van der Waals surface area contributed by atoms with E-state index in [0.717, 1.165) is 88.7 Å². The highest BCUT2D eigenvalue weighted by atomic mass is 19.1. The van der Waals surface area contributed by atoms with Crippen LogP contribution in [0.5, 0.6) is 0 Å². The summed E-state index contributed by atoms with van der Waals surface area (Å²) in [6, 6.07) is 42.6. The van der Waals surface area contributed by atoms with Crippen LogP contribution in [0.4, 0.5) is 4.39 Å². The van der Waals surface area contributed by atoms with Crippen LogP contribution >= 0.6 is 0 Å². The SMILES string of the molecule is CC.Fc1cnc2c3cc(-n4c5ccc(-c6ccccc6-c6ccccn6)cc5c5ncccc54)ccc3n(-c3ccc4oc5cccnc5c4c3)c2c1. The molecule has 0 bridgehead atoms. The molecule has 0 unspecified atom stereocenters. The lowest BCUT2D eigenvalue weighted by molar-refractivity contribution is 0.624. The first kappa shape index (κ1) is 31.5. The van der Waals surface area contributed by atoms with E-state index in [-0.39, 0.29) is 0 Å². The molecule has 0 aliphatic heterocycles. The molecule has 0 radical (unpaired) electrons. The summed E-state index contributed by atoms with van der Waals surface area (Å²) in [6.45, 7) is 4.00. The number of rotatable bonds is 4. The summed E-state index contributed by atoms with van der Waals surface area (Å²) < 4.78 is 25.2. The Morgan fingerprint density at radius 2 is 1.15 bits per heavy atom. The molecule has 7 aromatic heterocycles. The Morgan fingerprint density at radius 3 is 1.98 bits per heavy atom. The molecule has 8 heteroatoms. The third-order valence-corrected chi connectivity index (χ3v) is 9.98. The van der Waals surface area contributed by atoms with Crippen LogP contribution in [0.25, 0.3) is 99.7 Å². The largest absolute Gasteiger partial charge is 0.454 e. The second-order valence-corrected chi connectivity index (χ2v) is 12.9. The van der Waals surface area contributed by atoms with Gasteiger partial charge in [-0.2, -0.15) is 0 Å². The number of aromatic nitrogens is 6. The monoisotopic (exact) mass is 702 g/mol. The lowest BCUT2D eigenvalue weighted by Crippen LogP contribution is -1.96. The van der Waals surface area contributed by atoms with Crippen molar-refractivity contribution in [1.29, 1.82) is 0 Å². The highest BCUT2D eigenvalue weighted by molar-refractivity contribution is 6.11. The van der Waals surface area contributed by atoms with Crippen molar-refractivity contribution in [2.45, 2.75) is 13.8 Å². The van der Waals surface area contributed by atoms with Crippen LogP contribution in [0.2, 0.25) is 0 Å². The number of nitrogens with zero attached hydrogens (tertiary/aromatic N) is 6. The van der Waals surface area contributed by atoms with Gasteiger partial charge >= 0.3 is 0 Å². The fraction of sp³-hybridized carbons (Fsp3) is 0.0435. The van der Waals surface area contributed by atoms with Crippen molar-refractivity contribution in [3.05, 3.63) is 158 Å². The normalized spacial score (nSPS) is 11.6. The standard InChI is InChI=1S/C44H25FN6O.C2H6/c45-27-22-39-43(49-25-27)33-23-28(13-16-37(33)51(39)29-14-17-40-34(24-29)44-41(52-40)11-6-20-48-44)50-36-15-12-26(21-32(36)42-38(50)10-5-19-47-42)30-7-1-2-8-31(30)35-9-3-4-18-46-35;1-2/h1-25H;1-2H3. The topological polar surface area (TPSA) is 74.6 Å². The maximum absolute atomic E-state index is 14.9. The van der Waals surface area contributed by atoms with Crippen LogP contribution < -0.4 is 0 Å². The molecule has 7 heterocycles. The molecule has 0 amide bonds. The minimum Gasteiger partial charge on any atom is -0.454 e. The van der Waals surface area contributed by atoms with Crippen LogP contribution in [0.3, 0.4) is 0 Å². The van der Waals surface area contributed by atoms with Gasteiger partial charge in [-0.25, -0.2) is 4.39 Å². The van der Waals surface area contributed by atoms with Crippen molar-refractivity contribution < 1.29 is 8.81 Å². The molecule has 0 fully saturated rings. The maximum atomic E-state index is 14.9. The molecule has 258 valence electrons. The lowest BCUT2D eigenvalue weighted by atomic mass is 9.96. The van der Waals surface area contributed by atoms with Crippen LogP contribution in [0.1, 0.15) is 13.8 Å². The van der Waals surface area contributed by atoms with E-state index in [9.17, 15) is 4.39 Å². The molecule has 11 aromatic rings. The summed E-state index contributed by atoms with van der Waals surface area (Å²) >= 11 is 0. The molecule has 0 saturated heterocycles. The summed E-state index contributed by atoms with van der Waals surface area (Å²) in [4.78, 5) is 18.7. The molecule has 0 aliphatic carbocycles. The van der Waals surface area contributed by atoms with Gasteiger partial charge in [0, 0.05) is 57.8 Å². The zero-order valence-electron chi connectivity index (χ0n) is 29.4. The fourth-order valence-corrected chi connectivity index (χ4v) is 7.75. The molecule has 0 spiro atoms. The first-order chi connectivity index (χ1) is 26.7. The Morgan fingerprint density at radius 1 is 0.481 bits per heavy atom. The zero-order valence-corrected chi connectivity index (χ0v) is 29.4. The minimum absolute atomic E-state index is 0.401. The van der Waals surface area contributed by atoms with Gasteiger partial charge in [-0.05, 0) is 96.1 Å². The molecule has 0 atom stereocenters. The summed E-state index contributed by atoms with van der Waals surface area (Å²) in [5.41, 5.74) is 13.5. The van der Waals surface area contributed by atoms with Crippen LogP contribution in [0, 0.1) is 5.82 Å². The summed E-state index contributed by atoms with van der Waals surface area (Å²) in [7, 11) is 0. The van der Waals surface area contributed by atoms with E-state index in [4.69, 9.17) is 9.40 Å². The summed E-state index contributed by atoms with van der Waals surface area (Å²) in [6.07, 6.45) is 6.71. The Balaban J connectivity index is 0.00000178. The number of hydrogen-bond donors (Lipinski definition) is 0. The maximum Gasteiger partial charge on any atom is 0.153 e. The van der Waals surface area contributed by atoms with Crippen molar-refractivity contribution in [1.82, 2.24) is 29.1 Å². The average molecular weight is 703 g/mol. The summed E-state index contributed by atoms with van der Waals surface area (Å²) in [5.74, 6) is -0.401. The molecule has 11 rings (SSSR count). The summed E-state index contributed by atoms with van der Waals surface area (Å²) in [5, 5.41) is 2.84. The predicted octanol–water partition coefficient (Wildman–Crippen LogP) is 11.9. The Hall–Kier alpha value is -7.19. The van der Waals surface area contributed by atoms with Crippen molar-refractivity contribution in [3.63, 3.8) is 0 Å². The van der Waals surface area contributed by atoms with Gasteiger partial charge in [0.25, 0.3) is 0 Å². The van der Waals surface area contributed by atoms with E-state index in [1.807, 2.05) is 86.9 Å². The number of furan rings is 1. The third kappa shape index (κ3) is 4.80. The highest BCUT2D eigenvalue weighted by Crippen LogP contribution is 2.39. The molecule has 7 nitrogen and oxygen atoms in total. The van der Waals surface area contributed by atoms with Crippen molar-refractivity contribution in [2.75, 3.05) is 0 Å². The van der Waals surface area contributed by atoms with E-state index >= 15 is 0 Å². The molecule has 54 heavy (non-hydrogen) atoms. The van der Waals surface area contributed by atoms with Gasteiger partial charge in [-0.1, -0.05) is 50.2 Å². The number of fused-ring (bicyclic) bond motifs is 9. The quantitative estimate of drug-likeness (QED) is 0.182. The number of pyridine rings is 4. The second-order valence-electron chi connectivity index (χ2n) is 12.9. The molecule has 0 N–H and O–H groups in total. The van der Waals surface area contributed by atoms with Gasteiger partial charge in [-0.3, -0.25) is 19.9 Å². The third-order valence-electron chi connectivity index (χ3n) is 9.98. The van der Waals surface area contributed by atoms with E-state index in [2.05, 4.69) is 84.7 Å². The zero-order chi connectivity index (χ0) is 36.3. The second kappa shape index (κ2) is 12.5. The molecule has 0 aliphatic rings. The highest BCUT2D eigenvalue weighted by Gasteiger charge is 2.20. The molecule has 4 aromatic carbocycles. The van der Waals surface area contributed by atoms with Gasteiger partial charge in [0.2, 0.25) is 0 Å². The van der Waals surface area contributed by atoms with Crippen LogP contribution in [-0.2, 0) is 0 Å². The van der Waals surface area contributed by atoms with Gasteiger partial charge in [0.15, 0.2) is 5.58 Å². The van der Waals surface area contributed by atoms with E-state index in [1.54, 1.807) is 12.3 Å². The average Bonchev–Trinajstić information content (AvgIpc) is 3.88. The first-order valence-corrected chi connectivity index (χ1v) is 18.0. The van der Waals surface area contributed by atoms with Crippen LogP contribution in [0.15, 0.2) is 157 Å². The van der Waals surface area contributed by atoms with Crippen LogP contribution in [-0.4, -0.2) is 29.1 Å². The van der Waals surface area contributed by atoms with Crippen molar-refractivity contribution in [3.8, 4) is 33.8 Å². The smallest absolute Gasteiger partial charge is 0.153 e. The number of halogens is 1. The lowest BCUT2D eigenvalue weighted by Gasteiger charge is -2.11. The van der Waals surface area contributed by atoms with Gasteiger partial charge in [-0.15, -0.1) is 0 Å². The van der Waals surface area contributed by atoms with E-state index in [0.29, 0.717) is 11.0 Å². The van der Waals surface area contributed by atoms with Gasteiger partial charge < -0.3 is 13.6 Å². The molecular weight excluding hydrogens is 672 g/mol. The first-order valence-electron chi connectivity index (χ1n) is 18.0. The fourth-order valence-electron chi connectivity index (χ4n) is 7.75.